The van der Waals surface area contributed by atoms with Gasteiger partial charge in [0.05, 0.1) is 19.1 Å². The van der Waals surface area contributed by atoms with E-state index in [-0.39, 0.29) is 19.6 Å². The van der Waals surface area contributed by atoms with Crippen LogP contribution >= 0.6 is 0 Å². The van der Waals surface area contributed by atoms with Gasteiger partial charge in [0.25, 0.3) is 0 Å². The van der Waals surface area contributed by atoms with Crippen molar-refractivity contribution < 1.29 is 28.7 Å². The summed E-state index contributed by atoms with van der Waals surface area (Å²) in [7, 11) is 0. The first-order valence-electron chi connectivity index (χ1n) is 11.6. The number of nitrogens with zero attached hydrogens (tertiary/aromatic N) is 2. The van der Waals surface area contributed by atoms with Gasteiger partial charge in [-0.25, -0.2) is 4.79 Å². The zero-order valence-electron chi connectivity index (χ0n) is 21.3. The molecule has 0 aliphatic rings. The van der Waals surface area contributed by atoms with Crippen molar-refractivity contribution in [1.82, 2.24) is 15.5 Å². The minimum atomic E-state index is -1.15. The van der Waals surface area contributed by atoms with Gasteiger partial charge >= 0.3 is 12.1 Å². The Morgan fingerprint density at radius 2 is 1.74 bits per heavy atom. The van der Waals surface area contributed by atoms with Crippen LogP contribution in [0.15, 0.2) is 24.3 Å². The second kappa shape index (κ2) is 13.9. The Morgan fingerprint density at radius 3 is 2.26 bits per heavy atom. The minimum absolute atomic E-state index is 0.00149. The van der Waals surface area contributed by atoms with Gasteiger partial charge in [-0.3, -0.25) is 14.4 Å². The predicted octanol–water partition coefficient (Wildman–Crippen LogP) is 2.62. The number of carbonyl (C=O) groups is 4. The molecule has 1 rings (SSSR count). The second-order valence-electron chi connectivity index (χ2n) is 8.84. The summed E-state index contributed by atoms with van der Waals surface area (Å²) in [4.78, 5) is 51.4. The molecule has 0 spiro atoms. The van der Waals surface area contributed by atoms with Crippen LogP contribution in [0, 0.1) is 11.3 Å². The van der Waals surface area contributed by atoms with Crippen LogP contribution in [-0.4, -0.2) is 60.1 Å². The summed E-state index contributed by atoms with van der Waals surface area (Å²) in [5.41, 5.74) is 0.763. The number of amides is 3. The molecule has 0 aliphatic heterocycles. The monoisotopic (exact) mass is 488 g/mol. The first kappa shape index (κ1) is 29.4. The number of alkyl carbamates (subject to hydrolysis) is 1. The molecule has 3 amide bonds. The lowest BCUT2D eigenvalue weighted by Crippen LogP contribution is -2.52. The average molecular weight is 489 g/mol. The molecule has 2 N–H and O–H groups in total. The molecule has 0 bridgehead atoms. The summed E-state index contributed by atoms with van der Waals surface area (Å²) in [6.45, 7) is 10.0. The molecule has 2 atom stereocenters. The van der Waals surface area contributed by atoms with E-state index in [1.165, 1.54) is 6.92 Å². The van der Waals surface area contributed by atoms with Gasteiger partial charge in [-0.05, 0) is 52.2 Å². The third-order valence-corrected chi connectivity index (χ3v) is 4.83. The maximum absolute atomic E-state index is 13.3. The summed E-state index contributed by atoms with van der Waals surface area (Å²) < 4.78 is 10.1. The molecular formula is C25H36N4O6. The number of hydrogen-bond acceptors (Lipinski definition) is 7. The molecule has 0 aliphatic carbocycles. The topological polar surface area (TPSA) is 138 Å². The first-order chi connectivity index (χ1) is 16.4. The normalized spacial score (nSPS) is 12.5. The first-order valence-corrected chi connectivity index (χ1v) is 11.6. The van der Waals surface area contributed by atoms with Crippen LogP contribution in [0.25, 0.3) is 0 Å². The van der Waals surface area contributed by atoms with Crippen molar-refractivity contribution in [2.45, 2.75) is 72.1 Å². The second-order valence-corrected chi connectivity index (χ2v) is 8.84. The highest BCUT2D eigenvalue weighted by atomic mass is 16.6. The fraction of sp³-hybridized carbons (Fsp3) is 0.560. The molecule has 2 unspecified atom stereocenters. The van der Waals surface area contributed by atoms with E-state index in [0.29, 0.717) is 5.56 Å². The number of aryl methyl sites for hydroxylation is 1. The molecule has 0 aromatic heterocycles. The lowest BCUT2D eigenvalue weighted by Gasteiger charge is -2.32. The van der Waals surface area contributed by atoms with E-state index in [4.69, 9.17) is 9.47 Å². The Bertz CT molecular complexity index is 917. The quantitative estimate of drug-likeness (QED) is 0.361. The standard InChI is InChI=1S/C25H36N4O6/c1-7-18-9-11-19(12-10-18)21(22(31)27-15-13-20(30)34-8-2)29(16-14-26)23(32)17(3)28-24(33)35-25(4,5)6/h9-12,17,21H,7-8,13,15-16H2,1-6H3,(H,27,31)(H,28,33). The Labute approximate surface area is 206 Å². The van der Waals surface area contributed by atoms with Gasteiger partial charge in [0.1, 0.15) is 24.2 Å². The molecule has 0 fully saturated rings. The molecule has 1 aromatic rings. The van der Waals surface area contributed by atoms with Crippen LogP contribution in [0.5, 0.6) is 0 Å². The molecule has 35 heavy (non-hydrogen) atoms. The molecular weight excluding hydrogens is 452 g/mol. The number of ether oxygens (including phenoxy) is 2. The highest BCUT2D eigenvalue weighted by Gasteiger charge is 2.34. The third kappa shape index (κ3) is 10.0. The molecule has 10 heteroatoms. The summed E-state index contributed by atoms with van der Waals surface area (Å²) in [5.74, 6) is -1.66. The average Bonchev–Trinajstić information content (AvgIpc) is 2.77. The van der Waals surface area contributed by atoms with E-state index in [9.17, 15) is 24.4 Å². The molecule has 192 valence electrons. The highest BCUT2D eigenvalue weighted by molar-refractivity contribution is 5.92. The molecule has 0 saturated carbocycles. The Kier molecular flexibility index (Phi) is 11.7. The van der Waals surface area contributed by atoms with Crippen LogP contribution in [0.4, 0.5) is 4.79 Å². The van der Waals surface area contributed by atoms with Gasteiger partial charge < -0.3 is 25.0 Å². The van der Waals surface area contributed by atoms with E-state index in [1.54, 1.807) is 39.8 Å². The fourth-order valence-electron chi connectivity index (χ4n) is 3.19. The maximum Gasteiger partial charge on any atom is 0.408 e. The van der Waals surface area contributed by atoms with Crippen molar-refractivity contribution in [3.8, 4) is 6.07 Å². The molecule has 1 aromatic carbocycles. The summed E-state index contributed by atoms with van der Waals surface area (Å²) in [6, 6.07) is 6.82. The molecule has 10 nitrogen and oxygen atoms in total. The number of benzene rings is 1. The molecule has 0 radical (unpaired) electrons. The number of hydrogen-bond donors (Lipinski definition) is 2. The van der Waals surface area contributed by atoms with Gasteiger partial charge in [-0.2, -0.15) is 5.26 Å². The lowest BCUT2D eigenvalue weighted by atomic mass is 10.0. The van der Waals surface area contributed by atoms with E-state index >= 15 is 0 Å². The number of esters is 1. The van der Waals surface area contributed by atoms with Crippen LogP contribution < -0.4 is 10.6 Å². The zero-order chi connectivity index (χ0) is 26.6. The Morgan fingerprint density at radius 1 is 1.11 bits per heavy atom. The fourth-order valence-corrected chi connectivity index (χ4v) is 3.19. The van der Waals surface area contributed by atoms with Gasteiger partial charge in [0.2, 0.25) is 11.8 Å². The van der Waals surface area contributed by atoms with Crippen molar-refractivity contribution >= 4 is 23.9 Å². The van der Waals surface area contributed by atoms with E-state index in [2.05, 4.69) is 10.6 Å². The highest BCUT2D eigenvalue weighted by Crippen LogP contribution is 2.23. The number of carbonyl (C=O) groups excluding carboxylic acids is 4. The van der Waals surface area contributed by atoms with Crippen molar-refractivity contribution in [2.75, 3.05) is 19.7 Å². The van der Waals surface area contributed by atoms with Crippen molar-refractivity contribution in [2.24, 2.45) is 0 Å². The molecule has 0 heterocycles. The van der Waals surface area contributed by atoms with Crippen LogP contribution in [0.2, 0.25) is 0 Å². The largest absolute Gasteiger partial charge is 0.466 e. The third-order valence-electron chi connectivity index (χ3n) is 4.83. The number of nitriles is 1. The summed E-state index contributed by atoms with van der Waals surface area (Å²) >= 11 is 0. The SMILES string of the molecule is CCOC(=O)CCNC(=O)C(c1ccc(CC)cc1)N(CC#N)C(=O)C(C)NC(=O)OC(C)(C)C. The van der Waals surface area contributed by atoms with Crippen LogP contribution in [-0.2, 0) is 30.3 Å². The zero-order valence-corrected chi connectivity index (χ0v) is 21.3. The summed E-state index contributed by atoms with van der Waals surface area (Å²) in [6.07, 6.45) is -0.0453. The summed E-state index contributed by atoms with van der Waals surface area (Å²) in [5, 5.41) is 14.5. The lowest BCUT2D eigenvalue weighted by molar-refractivity contribution is -0.144. The van der Waals surface area contributed by atoms with Gasteiger partial charge in [-0.15, -0.1) is 0 Å². The minimum Gasteiger partial charge on any atom is -0.466 e. The maximum atomic E-state index is 13.3. The van der Waals surface area contributed by atoms with Gasteiger partial charge in [0, 0.05) is 6.54 Å². The Balaban J connectivity index is 3.19. The van der Waals surface area contributed by atoms with Crippen molar-refractivity contribution in [3.63, 3.8) is 0 Å². The predicted molar refractivity (Wildman–Crippen MR) is 129 cm³/mol. The van der Waals surface area contributed by atoms with Crippen molar-refractivity contribution in [1.29, 1.82) is 5.26 Å². The smallest absolute Gasteiger partial charge is 0.408 e. The van der Waals surface area contributed by atoms with Crippen molar-refractivity contribution in [3.05, 3.63) is 35.4 Å². The number of nitrogens with one attached hydrogen (secondary N) is 2. The van der Waals surface area contributed by atoms with Gasteiger partial charge in [0.15, 0.2) is 0 Å². The van der Waals surface area contributed by atoms with E-state index in [0.717, 1.165) is 16.9 Å². The Hall–Kier alpha value is -3.61. The van der Waals surface area contributed by atoms with Crippen LogP contribution in [0.1, 0.15) is 65.1 Å². The van der Waals surface area contributed by atoms with E-state index < -0.39 is 48.1 Å². The molecule has 0 saturated heterocycles. The van der Waals surface area contributed by atoms with Gasteiger partial charge in [-0.1, -0.05) is 31.2 Å². The number of rotatable bonds is 11. The van der Waals surface area contributed by atoms with E-state index in [1.807, 2.05) is 25.1 Å². The van der Waals surface area contributed by atoms with Crippen LogP contribution in [0.3, 0.4) is 0 Å².